The van der Waals surface area contributed by atoms with Crippen molar-refractivity contribution in [2.24, 2.45) is 10.7 Å². The number of ether oxygens (including phenoxy) is 1. The van der Waals surface area contributed by atoms with Gasteiger partial charge in [-0.3, -0.25) is 0 Å². The summed E-state index contributed by atoms with van der Waals surface area (Å²) in [6, 6.07) is 22.9. The molecular formula is C21H21N3O. The number of hydrogen-bond acceptors (Lipinski definition) is 2. The van der Waals surface area contributed by atoms with Crippen LogP contribution in [0.25, 0.3) is 10.8 Å². The normalized spacial score (nSPS) is 17.0. The van der Waals surface area contributed by atoms with Crippen LogP contribution in [0, 0.1) is 0 Å². The van der Waals surface area contributed by atoms with Crippen LogP contribution in [-0.4, -0.2) is 12.6 Å². The second-order valence-corrected chi connectivity index (χ2v) is 6.25. The van der Waals surface area contributed by atoms with E-state index in [9.17, 15) is 0 Å². The van der Waals surface area contributed by atoms with Crippen molar-refractivity contribution in [2.75, 3.05) is 6.61 Å². The van der Waals surface area contributed by atoms with E-state index in [1.54, 1.807) is 0 Å². The summed E-state index contributed by atoms with van der Waals surface area (Å²) in [6.45, 7) is 1.25. The Kier molecular flexibility index (Phi) is 4.25. The van der Waals surface area contributed by atoms with E-state index in [1.807, 2.05) is 30.3 Å². The lowest BCUT2D eigenvalue weighted by Crippen LogP contribution is -2.37. The number of rotatable bonds is 3. The maximum Gasteiger partial charge on any atom is 0.189 e. The van der Waals surface area contributed by atoms with Crippen molar-refractivity contribution in [3.05, 3.63) is 77.9 Å². The maximum atomic E-state index is 6.12. The van der Waals surface area contributed by atoms with Crippen LogP contribution in [0.1, 0.15) is 23.6 Å². The lowest BCUT2D eigenvalue weighted by atomic mass is 10.0. The molecule has 126 valence electrons. The average molecular weight is 331 g/mol. The maximum absolute atomic E-state index is 6.12. The summed E-state index contributed by atoms with van der Waals surface area (Å²) in [5.41, 5.74) is 8.41. The molecule has 4 rings (SSSR count). The van der Waals surface area contributed by atoms with Gasteiger partial charge >= 0.3 is 0 Å². The summed E-state index contributed by atoms with van der Waals surface area (Å²) in [6.07, 6.45) is 0.878. The molecule has 0 saturated heterocycles. The molecule has 0 aromatic heterocycles. The molecule has 1 atom stereocenters. The quantitative estimate of drug-likeness (QED) is 0.567. The molecule has 0 bridgehead atoms. The zero-order valence-corrected chi connectivity index (χ0v) is 14.0. The number of para-hydroxylation sites is 1. The highest BCUT2D eigenvalue weighted by Gasteiger charge is 2.21. The van der Waals surface area contributed by atoms with Crippen LogP contribution >= 0.6 is 0 Å². The van der Waals surface area contributed by atoms with E-state index in [4.69, 9.17) is 10.5 Å². The van der Waals surface area contributed by atoms with Gasteiger partial charge in [-0.15, -0.1) is 0 Å². The molecule has 0 spiro atoms. The highest BCUT2D eigenvalue weighted by Crippen LogP contribution is 2.31. The van der Waals surface area contributed by atoms with Crippen LogP contribution in [0.5, 0.6) is 5.75 Å². The minimum absolute atomic E-state index is 0.144. The fourth-order valence-corrected chi connectivity index (χ4v) is 3.23. The molecule has 3 aromatic rings. The minimum Gasteiger partial charge on any atom is -0.493 e. The van der Waals surface area contributed by atoms with Gasteiger partial charge in [-0.05, 0) is 28.5 Å². The van der Waals surface area contributed by atoms with Gasteiger partial charge in [-0.1, -0.05) is 54.6 Å². The third kappa shape index (κ3) is 3.43. The SMILES string of the molecule is NC(=NCc1ccc2ccccc2c1)NC1CCOc2ccccc21. The molecule has 0 saturated carbocycles. The van der Waals surface area contributed by atoms with Gasteiger partial charge in [0, 0.05) is 12.0 Å². The van der Waals surface area contributed by atoms with Crippen LogP contribution in [-0.2, 0) is 6.54 Å². The van der Waals surface area contributed by atoms with E-state index in [0.717, 1.165) is 23.3 Å². The van der Waals surface area contributed by atoms with Crippen molar-refractivity contribution in [1.82, 2.24) is 5.32 Å². The van der Waals surface area contributed by atoms with E-state index in [0.29, 0.717) is 19.1 Å². The van der Waals surface area contributed by atoms with Gasteiger partial charge in [0.1, 0.15) is 5.75 Å². The summed E-state index contributed by atoms with van der Waals surface area (Å²) in [5, 5.41) is 5.79. The summed E-state index contributed by atoms with van der Waals surface area (Å²) in [7, 11) is 0. The molecule has 25 heavy (non-hydrogen) atoms. The van der Waals surface area contributed by atoms with Gasteiger partial charge in [0.05, 0.1) is 19.2 Å². The predicted octanol–water partition coefficient (Wildman–Crippen LogP) is 3.77. The van der Waals surface area contributed by atoms with Crippen LogP contribution in [0.2, 0.25) is 0 Å². The molecule has 1 heterocycles. The van der Waals surface area contributed by atoms with Gasteiger partial charge in [-0.25, -0.2) is 4.99 Å². The van der Waals surface area contributed by atoms with E-state index >= 15 is 0 Å². The zero-order chi connectivity index (χ0) is 17.1. The molecule has 4 heteroatoms. The molecule has 0 aliphatic carbocycles. The van der Waals surface area contributed by atoms with Crippen molar-refractivity contribution in [2.45, 2.75) is 19.0 Å². The number of aliphatic imine (C=N–C) groups is 1. The van der Waals surface area contributed by atoms with Crippen molar-refractivity contribution >= 4 is 16.7 Å². The number of nitrogens with one attached hydrogen (secondary N) is 1. The van der Waals surface area contributed by atoms with Crippen molar-refractivity contribution < 1.29 is 4.74 Å². The fraction of sp³-hybridized carbons (Fsp3) is 0.190. The largest absolute Gasteiger partial charge is 0.493 e. The molecule has 3 N–H and O–H groups in total. The van der Waals surface area contributed by atoms with E-state index in [1.165, 1.54) is 10.8 Å². The van der Waals surface area contributed by atoms with Crippen molar-refractivity contribution in [3.63, 3.8) is 0 Å². The highest BCUT2D eigenvalue weighted by atomic mass is 16.5. The monoisotopic (exact) mass is 331 g/mol. The Morgan fingerprint density at radius 3 is 2.76 bits per heavy atom. The van der Waals surface area contributed by atoms with Gasteiger partial charge in [0.15, 0.2) is 5.96 Å². The lowest BCUT2D eigenvalue weighted by molar-refractivity contribution is 0.262. The van der Waals surface area contributed by atoms with Crippen LogP contribution in [0.3, 0.4) is 0 Å². The number of nitrogens with zero attached hydrogens (tertiary/aromatic N) is 1. The number of guanidine groups is 1. The second-order valence-electron chi connectivity index (χ2n) is 6.25. The first-order valence-corrected chi connectivity index (χ1v) is 8.55. The van der Waals surface area contributed by atoms with Crippen LogP contribution in [0.4, 0.5) is 0 Å². The fourth-order valence-electron chi connectivity index (χ4n) is 3.23. The number of hydrogen-bond donors (Lipinski definition) is 2. The smallest absolute Gasteiger partial charge is 0.189 e. The van der Waals surface area contributed by atoms with Crippen LogP contribution in [0.15, 0.2) is 71.7 Å². The minimum atomic E-state index is 0.144. The molecule has 1 unspecified atom stereocenters. The predicted molar refractivity (Wildman–Crippen MR) is 102 cm³/mol. The van der Waals surface area contributed by atoms with Crippen molar-refractivity contribution in [3.8, 4) is 5.75 Å². The van der Waals surface area contributed by atoms with Gasteiger partial charge in [0.2, 0.25) is 0 Å². The Morgan fingerprint density at radius 1 is 1.04 bits per heavy atom. The highest BCUT2D eigenvalue weighted by molar-refractivity contribution is 5.83. The molecule has 1 aliphatic rings. The summed E-state index contributed by atoms with van der Waals surface area (Å²) in [4.78, 5) is 4.51. The first kappa shape index (κ1) is 15.5. The molecule has 0 radical (unpaired) electrons. The summed E-state index contributed by atoms with van der Waals surface area (Å²) in [5.74, 6) is 1.39. The summed E-state index contributed by atoms with van der Waals surface area (Å²) < 4.78 is 5.68. The zero-order valence-electron chi connectivity index (χ0n) is 14.0. The van der Waals surface area contributed by atoms with Gasteiger partial charge in [-0.2, -0.15) is 0 Å². The Labute approximate surface area is 147 Å². The molecule has 3 aromatic carbocycles. The van der Waals surface area contributed by atoms with Crippen LogP contribution < -0.4 is 15.8 Å². The molecule has 0 amide bonds. The lowest BCUT2D eigenvalue weighted by Gasteiger charge is -2.26. The number of benzene rings is 3. The standard InChI is InChI=1S/C21H21N3O/c22-21(24-19-11-12-25-20-8-4-3-7-18(19)20)23-14-15-9-10-16-5-1-2-6-17(16)13-15/h1-10,13,19H,11-12,14H2,(H3,22,23,24). The number of fused-ring (bicyclic) bond motifs is 2. The second kappa shape index (κ2) is 6.85. The molecule has 4 nitrogen and oxygen atoms in total. The molecular weight excluding hydrogens is 310 g/mol. The Morgan fingerprint density at radius 2 is 1.84 bits per heavy atom. The molecule has 1 aliphatic heterocycles. The topological polar surface area (TPSA) is 59.6 Å². The first-order chi connectivity index (χ1) is 12.3. The average Bonchev–Trinajstić information content (AvgIpc) is 2.66. The Balaban J connectivity index is 1.46. The Bertz CT molecular complexity index is 920. The van der Waals surface area contributed by atoms with E-state index < -0.39 is 0 Å². The Hall–Kier alpha value is -3.01. The van der Waals surface area contributed by atoms with E-state index in [-0.39, 0.29) is 6.04 Å². The third-order valence-corrected chi connectivity index (χ3v) is 4.53. The first-order valence-electron chi connectivity index (χ1n) is 8.55. The van der Waals surface area contributed by atoms with E-state index in [2.05, 4.69) is 46.7 Å². The van der Waals surface area contributed by atoms with Gasteiger partial charge < -0.3 is 15.8 Å². The third-order valence-electron chi connectivity index (χ3n) is 4.53. The molecule has 0 fully saturated rings. The summed E-state index contributed by atoms with van der Waals surface area (Å²) >= 11 is 0. The van der Waals surface area contributed by atoms with Crippen molar-refractivity contribution in [1.29, 1.82) is 0 Å². The number of nitrogens with two attached hydrogens (primary N) is 1. The van der Waals surface area contributed by atoms with Gasteiger partial charge in [0.25, 0.3) is 0 Å².